The third-order valence-electron chi connectivity index (χ3n) is 7.11. The summed E-state index contributed by atoms with van der Waals surface area (Å²) in [6, 6.07) is 22.7. The molecule has 0 spiro atoms. The van der Waals surface area contributed by atoms with Gasteiger partial charge < -0.3 is 10.2 Å². The van der Waals surface area contributed by atoms with Crippen molar-refractivity contribution in [3.8, 4) is 0 Å². The zero-order valence-electron chi connectivity index (χ0n) is 20.5. The van der Waals surface area contributed by atoms with Gasteiger partial charge in [0.25, 0.3) is 5.91 Å². The molecule has 1 N–H and O–H groups in total. The van der Waals surface area contributed by atoms with Crippen molar-refractivity contribution in [3.63, 3.8) is 0 Å². The number of benzene rings is 3. The summed E-state index contributed by atoms with van der Waals surface area (Å²) < 4.78 is 27.5. The van der Waals surface area contributed by atoms with E-state index in [0.717, 1.165) is 57.2 Å². The van der Waals surface area contributed by atoms with Gasteiger partial charge in [0.15, 0.2) is 0 Å². The Kier molecular flexibility index (Phi) is 7.39. The lowest BCUT2D eigenvalue weighted by Crippen LogP contribution is -2.31. The molecule has 1 fully saturated rings. The Morgan fingerprint density at radius 3 is 2.19 bits per heavy atom. The number of carbonyl (C=O) groups excluding carboxylic acids is 1. The molecule has 0 bridgehead atoms. The van der Waals surface area contributed by atoms with Gasteiger partial charge in [0, 0.05) is 43.1 Å². The van der Waals surface area contributed by atoms with Gasteiger partial charge in [-0.1, -0.05) is 43.2 Å². The van der Waals surface area contributed by atoms with Gasteiger partial charge in [-0.15, -0.1) is 0 Å². The fraction of sp³-hybridized carbons (Fsp3) is 0.345. The summed E-state index contributed by atoms with van der Waals surface area (Å²) in [5.74, 6) is -0.215. The van der Waals surface area contributed by atoms with E-state index in [2.05, 4.69) is 34.5 Å². The smallest absolute Gasteiger partial charge is 0.255 e. The molecular weight excluding hydrogens is 470 g/mol. The van der Waals surface area contributed by atoms with Crippen LogP contribution in [-0.2, 0) is 23.0 Å². The monoisotopic (exact) mass is 503 g/mol. The Balaban J connectivity index is 1.21. The van der Waals surface area contributed by atoms with E-state index < -0.39 is 10.0 Å². The molecule has 7 heteroatoms. The molecule has 2 aliphatic rings. The van der Waals surface area contributed by atoms with E-state index in [1.165, 1.54) is 11.3 Å². The van der Waals surface area contributed by atoms with Crippen LogP contribution in [0, 0.1) is 0 Å². The van der Waals surface area contributed by atoms with Crippen LogP contribution in [0.3, 0.4) is 0 Å². The molecule has 6 nitrogen and oxygen atoms in total. The largest absolute Gasteiger partial charge is 0.367 e. The van der Waals surface area contributed by atoms with Gasteiger partial charge in [0.05, 0.1) is 4.90 Å². The molecule has 188 valence electrons. The fourth-order valence-electron chi connectivity index (χ4n) is 5.10. The number of aryl methyl sites for hydroxylation is 1. The molecule has 5 rings (SSSR count). The molecule has 36 heavy (non-hydrogen) atoms. The van der Waals surface area contributed by atoms with Crippen molar-refractivity contribution >= 4 is 27.3 Å². The van der Waals surface area contributed by atoms with Crippen molar-refractivity contribution in [2.45, 2.75) is 50.0 Å². The first-order valence-corrected chi connectivity index (χ1v) is 14.3. The Morgan fingerprint density at radius 2 is 1.47 bits per heavy atom. The summed E-state index contributed by atoms with van der Waals surface area (Å²) in [7, 11) is -3.50. The minimum Gasteiger partial charge on any atom is -0.367 e. The van der Waals surface area contributed by atoms with Crippen LogP contribution in [0.1, 0.15) is 53.6 Å². The standard InChI is InChI=1S/C29H33N3O3S/c33-29(30-26-15-17-27(18-16-26)36(34,35)32-20-5-1-2-6-21-32)25-13-11-23(12-14-25)22-31-19-7-9-24-8-3-4-10-28(24)31/h3-4,8,10-18H,1-2,5-7,9,19-22H2,(H,30,33). The van der Waals surface area contributed by atoms with E-state index in [0.29, 0.717) is 24.3 Å². The van der Waals surface area contributed by atoms with Gasteiger partial charge in [-0.25, -0.2) is 8.42 Å². The zero-order valence-corrected chi connectivity index (χ0v) is 21.3. The van der Waals surface area contributed by atoms with Gasteiger partial charge in [-0.05, 0) is 79.3 Å². The van der Waals surface area contributed by atoms with Crippen molar-refractivity contribution in [1.82, 2.24) is 4.31 Å². The number of para-hydroxylation sites is 1. The van der Waals surface area contributed by atoms with E-state index in [-0.39, 0.29) is 10.8 Å². The number of nitrogens with one attached hydrogen (secondary N) is 1. The lowest BCUT2D eigenvalue weighted by atomic mass is 10.0. The average Bonchev–Trinajstić information content (AvgIpc) is 3.20. The molecule has 2 heterocycles. The maximum Gasteiger partial charge on any atom is 0.255 e. The third-order valence-corrected chi connectivity index (χ3v) is 9.02. The number of amides is 1. The minimum atomic E-state index is -3.50. The summed E-state index contributed by atoms with van der Waals surface area (Å²) in [6.45, 7) is 2.98. The minimum absolute atomic E-state index is 0.215. The second-order valence-corrected chi connectivity index (χ2v) is 11.6. The number of sulfonamides is 1. The first-order chi connectivity index (χ1) is 17.5. The highest BCUT2D eigenvalue weighted by atomic mass is 32.2. The van der Waals surface area contributed by atoms with E-state index in [9.17, 15) is 13.2 Å². The van der Waals surface area contributed by atoms with Crippen molar-refractivity contribution in [3.05, 3.63) is 89.5 Å². The SMILES string of the molecule is O=C(Nc1ccc(S(=O)(=O)N2CCCCCC2)cc1)c1ccc(CN2CCCc3ccccc32)cc1. The maximum atomic E-state index is 13.0. The fourth-order valence-corrected chi connectivity index (χ4v) is 6.62. The number of fused-ring (bicyclic) bond motifs is 1. The van der Waals surface area contributed by atoms with E-state index in [1.807, 2.05) is 24.3 Å². The molecule has 0 unspecified atom stereocenters. The van der Waals surface area contributed by atoms with Gasteiger partial charge in [-0.2, -0.15) is 4.31 Å². The van der Waals surface area contributed by atoms with E-state index in [4.69, 9.17) is 0 Å². The molecular formula is C29H33N3O3S. The Morgan fingerprint density at radius 1 is 0.778 bits per heavy atom. The molecule has 0 atom stereocenters. The lowest BCUT2D eigenvalue weighted by molar-refractivity contribution is 0.102. The second kappa shape index (κ2) is 10.8. The number of carbonyl (C=O) groups is 1. The summed E-state index contributed by atoms with van der Waals surface area (Å²) in [5, 5.41) is 2.88. The average molecular weight is 504 g/mol. The third kappa shape index (κ3) is 5.47. The van der Waals surface area contributed by atoms with Crippen LogP contribution < -0.4 is 10.2 Å². The van der Waals surface area contributed by atoms with Crippen molar-refractivity contribution in [2.24, 2.45) is 0 Å². The van der Waals surface area contributed by atoms with Gasteiger partial charge in [-0.3, -0.25) is 4.79 Å². The quantitative estimate of drug-likeness (QED) is 0.485. The number of anilines is 2. The van der Waals surface area contributed by atoms with Crippen LogP contribution in [0.5, 0.6) is 0 Å². The van der Waals surface area contributed by atoms with Gasteiger partial charge >= 0.3 is 0 Å². The van der Waals surface area contributed by atoms with Crippen LogP contribution in [-0.4, -0.2) is 38.3 Å². The molecule has 0 radical (unpaired) electrons. The van der Waals surface area contributed by atoms with Crippen LogP contribution >= 0.6 is 0 Å². The molecule has 0 saturated carbocycles. The Bertz CT molecular complexity index is 1300. The number of rotatable bonds is 6. The number of hydrogen-bond acceptors (Lipinski definition) is 4. The molecule has 2 aliphatic heterocycles. The molecule has 0 aliphatic carbocycles. The summed E-state index contributed by atoms with van der Waals surface area (Å²) in [6.07, 6.45) is 6.22. The maximum absolute atomic E-state index is 13.0. The van der Waals surface area contributed by atoms with Crippen molar-refractivity contribution < 1.29 is 13.2 Å². The first kappa shape index (κ1) is 24.5. The number of hydrogen-bond donors (Lipinski definition) is 1. The van der Waals surface area contributed by atoms with Crippen molar-refractivity contribution in [1.29, 1.82) is 0 Å². The first-order valence-electron chi connectivity index (χ1n) is 12.8. The topological polar surface area (TPSA) is 69.7 Å². The van der Waals surface area contributed by atoms with Gasteiger partial charge in [0.1, 0.15) is 0 Å². The number of nitrogens with zero attached hydrogens (tertiary/aromatic N) is 2. The molecule has 0 aromatic heterocycles. The van der Waals surface area contributed by atoms with Crippen molar-refractivity contribution in [2.75, 3.05) is 29.9 Å². The van der Waals surface area contributed by atoms with Crippen LogP contribution in [0.25, 0.3) is 0 Å². The summed E-state index contributed by atoms with van der Waals surface area (Å²) >= 11 is 0. The van der Waals surface area contributed by atoms with Crippen LogP contribution in [0.15, 0.2) is 77.7 Å². The highest BCUT2D eigenvalue weighted by molar-refractivity contribution is 7.89. The van der Waals surface area contributed by atoms with Gasteiger partial charge in [0.2, 0.25) is 10.0 Å². The predicted octanol–water partition coefficient (Wildman–Crippen LogP) is 5.46. The van der Waals surface area contributed by atoms with E-state index in [1.54, 1.807) is 28.6 Å². The molecule has 3 aromatic rings. The lowest BCUT2D eigenvalue weighted by Gasteiger charge is -2.31. The summed E-state index contributed by atoms with van der Waals surface area (Å²) in [5.41, 5.74) is 4.99. The molecule has 1 amide bonds. The van der Waals surface area contributed by atoms with Crippen LogP contribution in [0.4, 0.5) is 11.4 Å². The summed E-state index contributed by atoms with van der Waals surface area (Å²) in [4.78, 5) is 15.5. The second-order valence-electron chi connectivity index (χ2n) is 9.65. The predicted molar refractivity (Wildman–Crippen MR) is 144 cm³/mol. The molecule has 3 aromatic carbocycles. The Hall–Kier alpha value is -3.16. The zero-order chi connectivity index (χ0) is 25.0. The van der Waals surface area contributed by atoms with E-state index >= 15 is 0 Å². The highest BCUT2D eigenvalue weighted by Crippen LogP contribution is 2.28. The van der Waals surface area contributed by atoms with Crippen LogP contribution in [0.2, 0.25) is 0 Å². The highest BCUT2D eigenvalue weighted by Gasteiger charge is 2.25. The Labute approximate surface area is 214 Å². The molecule has 1 saturated heterocycles. The normalized spacial score (nSPS) is 16.7.